The number of para-hydroxylation sites is 1. The molecule has 2 unspecified atom stereocenters. The van der Waals surface area contributed by atoms with Gasteiger partial charge in [0.2, 0.25) is 0 Å². The predicted molar refractivity (Wildman–Crippen MR) is 71.1 cm³/mol. The number of aliphatic hydroxyl groups is 1. The van der Waals surface area contributed by atoms with Crippen LogP contribution in [0.5, 0.6) is 5.75 Å². The molecular weight excluding hydrogens is 244 g/mol. The molecule has 0 bridgehead atoms. The van der Waals surface area contributed by atoms with Crippen molar-refractivity contribution in [3.8, 4) is 5.75 Å². The Hall–Kier alpha value is -1.55. The summed E-state index contributed by atoms with van der Waals surface area (Å²) in [6, 6.07) is 7.13. The first kappa shape index (κ1) is 13.9. The molecule has 0 fully saturated rings. The summed E-state index contributed by atoms with van der Waals surface area (Å²) in [5.41, 5.74) is -1.41. The molecule has 0 saturated heterocycles. The standard InChI is InChI=1S/C15H20O4/c1-4-10(13(16)17)15(18)9-14(2,3)19-12-8-6-5-7-11(12)15/h5-8,10,18H,4,9H2,1-3H3,(H,16,17). The van der Waals surface area contributed by atoms with Crippen molar-refractivity contribution in [2.24, 2.45) is 5.92 Å². The largest absolute Gasteiger partial charge is 0.487 e. The Morgan fingerprint density at radius 1 is 1.42 bits per heavy atom. The van der Waals surface area contributed by atoms with Gasteiger partial charge in [-0.15, -0.1) is 0 Å². The fraction of sp³-hybridized carbons (Fsp3) is 0.533. The highest BCUT2D eigenvalue weighted by Crippen LogP contribution is 2.48. The van der Waals surface area contributed by atoms with Gasteiger partial charge in [-0.2, -0.15) is 0 Å². The molecule has 0 aliphatic carbocycles. The van der Waals surface area contributed by atoms with Gasteiger partial charge in [-0.25, -0.2) is 0 Å². The molecule has 19 heavy (non-hydrogen) atoms. The molecule has 1 aromatic carbocycles. The maximum atomic E-state index is 11.5. The zero-order chi connectivity index (χ0) is 14.3. The fourth-order valence-corrected chi connectivity index (χ4v) is 3.02. The number of carboxylic acid groups (broad SMARTS) is 1. The van der Waals surface area contributed by atoms with E-state index in [2.05, 4.69) is 0 Å². The summed E-state index contributed by atoms with van der Waals surface area (Å²) in [4.78, 5) is 11.5. The van der Waals surface area contributed by atoms with E-state index in [-0.39, 0.29) is 6.42 Å². The maximum Gasteiger partial charge on any atom is 0.309 e. The number of fused-ring (bicyclic) bond motifs is 1. The summed E-state index contributed by atoms with van der Waals surface area (Å²) in [7, 11) is 0. The first-order chi connectivity index (χ1) is 8.80. The quantitative estimate of drug-likeness (QED) is 0.880. The van der Waals surface area contributed by atoms with Gasteiger partial charge in [0.15, 0.2) is 0 Å². The van der Waals surface area contributed by atoms with E-state index in [1.165, 1.54) is 0 Å². The third-order valence-corrected chi connectivity index (χ3v) is 3.72. The van der Waals surface area contributed by atoms with E-state index in [1.54, 1.807) is 25.1 Å². The minimum atomic E-state index is -1.39. The van der Waals surface area contributed by atoms with Crippen molar-refractivity contribution in [2.75, 3.05) is 0 Å². The molecule has 0 saturated carbocycles. The lowest BCUT2D eigenvalue weighted by molar-refractivity contribution is -0.161. The van der Waals surface area contributed by atoms with Crippen LogP contribution in [-0.2, 0) is 10.4 Å². The van der Waals surface area contributed by atoms with Gasteiger partial charge in [-0.1, -0.05) is 25.1 Å². The summed E-state index contributed by atoms with van der Waals surface area (Å²) in [5, 5.41) is 20.4. The van der Waals surface area contributed by atoms with Crippen LogP contribution in [-0.4, -0.2) is 21.8 Å². The smallest absolute Gasteiger partial charge is 0.309 e. The highest BCUT2D eigenvalue weighted by atomic mass is 16.5. The van der Waals surface area contributed by atoms with Crippen LogP contribution in [0.3, 0.4) is 0 Å². The van der Waals surface area contributed by atoms with Crippen LogP contribution in [0.4, 0.5) is 0 Å². The third-order valence-electron chi connectivity index (χ3n) is 3.72. The molecule has 104 valence electrons. The van der Waals surface area contributed by atoms with Crippen LogP contribution in [0.15, 0.2) is 24.3 Å². The Labute approximate surface area is 113 Å². The summed E-state index contributed by atoms with van der Waals surface area (Å²) < 4.78 is 5.84. The minimum Gasteiger partial charge on any atom is -0.487 e. The Kier molecular flexibility index (Phi) is 3.31. The van der Waals surface area contributed by atoms with Crippen LogP contribution >= 0.6 is 0 Å². The van der Waals surface area contributed by atoms with E-state index >= 15 is 0 Å². The average Bonchev–Trinajstić information content (AvgIpc) is 2.27. The molecule has 4 heteroatoms. The molecule has 0 aromatic heterocycles. The van der Waals surface area contributed by atoms with E-state index < -0.39 is 23.1 Å². The van der Waals surface area contributed by atoms with Gasteiger partial charge in [0.25, 0.3) is 0 Å². The van der Waals surface area contributed by atoms with Crippen LogP contribution < -0.4 is 4.74 Å². The molecule has 0 spiro atoms. The first-order valence-electron chi connectivity index (χ1n) is 6.54. The Morgan fingerprint density at radius 2 is 2.05 bits per heavy atom. The Balaban J connectivity index is 2.58. The molecule has 1 aromatic rings. The first-order valence-corrected chi connectivity index (χ1v) is 6.54. The van der Waals surface area contributed by atoms with E-state index in [0.717, 1.165) is 0 Å². The van der Waals surface area contributed by atoms with Gasteiger partial charge in [0, 0.05) is 12.0 Å². The summed E-state index contributed by atoms with van der Waals surface area (Å²) in [5.74, 6) is -1.24. The van der Waals surface area contributed by atoms with Crippen molar-refractivity contribution in [3.63, 3.8) is 0 Å². The van der Waals surface area contributed by atoms with Gasteiger partial charge in [0.1, 0.15) is 17.0 Å². The number of hydrogen-bond donors (Lipinski definition) is 2. The van der Waals surface area contributed by atoms with Crippen molar-refractivity contribution in [1.29, 1.82) is 0 Å². The molecular formula is C15H20O4. The minimum absolute atomic E-state index is 0.266. The lowest BCUT2D eigenvalue weighted by Crippen LogP contribution is -2.50. The molecule has 2 N–H and O–H groups in total. The van der Waals surface area contributed by atoms with Crippen LogP contribution in [0.25, 0.3) is 0 Å². The molecule has 4 nitrogen and oxygen atoms in total. The highest BCUT2D eigenvalue weighted by Gasteiger charge is 2.50. The van der Waals surface area contributed by atoms with E-state index in [9.17, 15) is 15.0 Å². The zero-order valence-corrected chi connectivity index (χ0v) is 11.5. The number of benzene rings is 1. The zero-order valence-electron chi connectivity index (χ0n) is 11.5. The number of rotatable bonds is 3. The SMILES string of the molecule is CCC(C(=O)O)C1(O)CC(C)(C)Oc2ccccc21. The van der Waals surface area contributed by atoms with Gasteiger partial charge in [-0.3, -0.25) is 4.79 Å². The maximum absolute atomic E-state index is 11.5. The van der Waals surface area contributed by atoms with Crippen LogP contribution in [0.1, 0.15) is 39.2 Å². The van der Waals surface area contributed by atoms with Gasteiger partial charge in [0.05, 0.1) is 5.92 Å². The monoisotopic (exact) mass is 264 g/mol. The number of carbonyl (C=O) groups is 1. The van der Waals surface area contributed by atoms with Crippen molar-refractivity contribution in [2.45, 2.75) is 44.8 Å². The van der Waals surface area contributed by atoms with Crippen molar-refractivity contribution in [1.82, 2.24) is 0 Å². The van der Waals surface area contributed by atoms with Crippen molar-refractivity contribution >= 4 is 5.97 Å². The van der Waals surface area contributed by atoms with Crippen LogP contribution in [0.2, 0.25) is 0 Å². The molecule has 2 rings (SSSR count). The second-order valence-electron chi connectivity index (χ2n) is 5.76. The van der Waals surface area contributed by atoms with E-state index in [0.29, 0.717) is 17.7 Å². The second-order valence-corrected chi connectivity index (χ2v) is 5.76. The van der Waals surface area contributed by atoms with E-state index in [4.69, 9.17) is 4.74 Å². The number of carboxylic acids is 1. The normalized spacial score (nSPS) is 26.1. The number of ether oxygens (including phenoxy) is 1. The van der Waals surface area contributed by atoms with Crippen LogP contribution in [0, 0.1) is 5.92 Å². The molecule has 1 aliphatic rings. The van der Waals surface area contributed by atoms with Gasteiger partial charge >= 0.3 is 5.97 Å². The molecule has 1 aliphatic heterocycles. The lowest BCUT2D eigenvalue weighted by Gasteiger charge is -2.45. The Bertz CT molecular complexity index is 495. The molecule has 2 atom stereocenters. The van der Waals surface area contributed by atoms with Gasteiger partial charge < -0.3 is 14.9 Å². The van der Waals surface area contributed by atoms with Crippen molar-refractivity contribution in [3.05, 3.63) is 29.8 Å². The third kappa shape index (κ3) is 2.32. The van der Waals surface area contributed by atoms with Crippen molar-refractivity contribution < 1.29 is 19.7 Å². The summed E-state index contributed by atoms with van der Waals surface area (Å²) >= 11 is 0. The lowest BCUT2D eigenvalue weighted by atomic mass is 9.71. The topological polar surface area (TPSA) is 66.8 Å². The number of aliphatic carboxylic acids is 1. The highest BCUT2D eigenvalue weighted by molar-refractivity contribution is 5.72. The second kappa shape index (κ2) is 4.53. The molecule has 0 radical (unpaired) electrons. The summed E-state index contributed by atoms with van der Waals surface area (Å²) in [6.07, 6.45) is 0.637. The summed E-state index contributed by atoms with van der Waals surface area (Å²) in [6.45, 7) is 5.51. The Morgan fingerprint density at radius 3 is 2.63 bits per heavy atom. The predicted octanol–water partition coefficient (Wildman–Crippen LogP) is 2.55. The van der Waals surface area contributed by atoms with E-state index in [1.807, 2.05) is 19.9 Å². The molecule has 1 heterocycles. The average molecular weight is 264 g/mol. The molecule has 0 amide bonds. The van der Waals surface area contributed by atoms with Gasteiger partial charge in [-0.05, 0) is 26.3 Å². The number of hydrogen-bond acceptors (Lipinski definition) is 3. The fourth-order valence-electron chi connectivity index (χ4n) is 3.02.